The molecule has 6 nitrogen and oxygen atoms in total. The molecule has 27 heavy (non-hydrogen) atoms. The summed E-state index contributed by atoms with van der Waals surface area (Å²) in [7, 11) is 0.571. The van der Waals surface area contributed by atoms with Crippen molar-refractivity contribution in [3.63, 3.8) is 0 Å². The highest BCUT2D eigenvalue weighted by molar-refractivity contribution is 7.83. The quantitative estimate of drug-likeness (QED) is 0.725. The monoisotopic (exact) mass is 401 g/mol. The SMILES string of the molecule is COc1ccc(C(=O)Nc2c3c(nn2-c2cccc(Cl)c2)C[S@](=O)C3)cc1. The molecular weight excluding hydrogens is 386 g/mol. The number of ether oxygens (including phenoxy) is 1. The Labute approximate surface area is 163 Å². The zero-order chi connectivity index (χ0) is 19.0. The Balaban J connectivity index is 1.72. The smallest absolute Gasteiger partial charge is 0.256 e. The number of fused-ring (bicyclic) bond motifs is 1. The Kier molecular flexibility index (Phi) is 4.72. The van der Waals surface area contributed by atoms with Crippen LogP contribution in [0.2, 0.25) is 5.02 Å². The Morgan fingerprint density at radius 3 is 2.70 bits per heavy atom. The Morgan fingerprint density at radius 1 is 1.22 bits per heavy atom. The molecule has 2 heterocycles. The first-order valence-corrected chi connectivity index (χ1v) is 10.1. The first-order chi connectivity index (χ1) is 13.0. The minimum absolute atomic E-state index is 0.277. The third-order valence-electron chi connectivity index (χ3n) is 4.31. The maximum absolute atomic E-state index is 12.7. The number of carbonyl (C=O) groups is 1. The number of nitrogens with one attached hydrogen (secondary N) is 1. The Morgan fingerprint density at radius 2 is 2.00 bits per heavy atom. The lowest BCUT2D eigenvalue weighted by atomic mass is 10.2. The molecule has 0 spiro atoms. The summed E-state index contributed by atoms with van der Waals surface area (Å²) >= 11 is 6.11. The van der Waals surface area contributed by atoms with Gasteiger partial charge in [0.15, 0.2) is 0 Å². The molecule has 4 rings (SSSR count). The van der Waals surface area contributed by atoms with Crippen molar-refractivity contribution in [2.45, 2.75) is 11.5 Å². The van der Waals surface area contributed by atoms with E-state index in [0.717, 1.165) is 16.9 Å². The lowest BCUT2D eigenvalue weighted by molar-refractivity contribution is 0.102. The molecular formula is C19H16ClN3O3S. The number of benzene rings is 2. The minimum atomic E-state index is -1.00. The van der Waals surface area contributed by atoms with Gasteiger partial charge < -0.3 is 10.1 Å². The van der Waals surface area contributed by atoms with Crippen LogP contribution in [-0.4, -0.2) is 27.0 Å². The van der Waals surface area contributed by atoms with Gasteiger partial charge >= 0.3 is 0 Å². The second-order valence-electron chi connectivity index (χ2n) is 6.08. The Bertz CT molecular complexity index is 1050. The van der Waals surface area contributed by atoms with Gasteiger partial charge in [0, 0.05) is 26.9 Å². The molecule has 0 unspecified atom stereocenters. The molecule has 3 aromatic rings. The first kappa shape index (κ1) is 17.8. The molecule has 0 saturated carbocycles. The maximum Gasteiger partial charge on any atom is 0.256 e. The fourth-order valence-corrected chi connectivity index (χ4v) is 4.42. The van der Waals surface area contributed by atoms with Gasteiger partial charge in [-0.3, -0.25) is 9.00 Å². The number of methoxy groups -OCH3 is 1. The van der Waals surface area contributed by atoms with E-state index in [1.807, 2.05) is 12.1 Å². The van der Waals surface area contributed by atoms with Crippen LogP contribution in [0, 0.1) is 0 Å². The maximum atomic E-state index is 12.7. The van der Waals surface area contributed by atoms with Crippen molar-refractivity contribution >= 4 is 34.1 Å². The van der Waals surface area contributed by atoms with Crippen LogP contribution in [0.3, 0.4) is 0 Å². The summed E-state index contributed by atoms with van der Waals surface area (Å²) in [5, 5.41) is 8.05. The molecule has 0 radical (unpaired) electrons. The number of aromatic nitrogens is 2. The van der Waals surface area contributed by atoms with Crippen LogP contribution in [0.15, 0.2) is 48.5 Å². The summed E-state index contributed by atoms with van der Waals surface area (Å²) in [6.07, 6.45) is 0. The van der Waals surface area contributed by atoms with Crippen LogP contribution in [0.5, 0.6) is 5.75 Å². The predicted octanol–water partition coefficient (Wildman–Crippen LogP) is 3.55. The van der Waals surface area contributed by atoms with Crippen molar-refractivity contribution in [3.8, 4) is 11.4 Å². The van der Waals surface area contributed by atoms with Gasteiger partial charge in [0.2, 0.25) is 0 Å². The molecule has 0 bridgehead atoms. The molecule has 0 saturated heterocycles. The highest BCUT2D eigenvalue weighted by atomic mass is 35.5. The predicted molar refractivity (Wildman–Crippen MR) is 105 cm³/mol. The van der Waals surface area contributed by atoms with Gasteiger partial charge in [-0.25, -0.2) is 4.68 Å². The fraction of sp³-hybridized carbons (Fsp3) is 0.158. The number of rotatable bonds is 4. The average molecular weight is 402 g/mol. The van der Waals surface area contributed by atoms with Crippen molar-refractivity contribution in [2.24, 2.45) is 0 Å². The molecule has 1 aliphatic heterocycles. The third kappa shape index (κ3) is 3.48. The van der Waals surface area contributed by atoms with Crippen LogP contribution in [0.4, 0.5) is 5.82 Å². The molecule has 1 N–H and O–H groups in total. The van der Waals surface area contributed by atoms with Gasteiger partial charge in [0.05, 0.1) is 30.0 Å². The van der Waals surface area contributed by atoms with E-state index in [-0.39, 0.29) is 5.91 Å². The lowest BCUT2D eigenvalue weighted by Gasteiger charge is -2.11. The van der Waals surface area contributed by atoms with Crippen LogP contribution in [0.1, 0.15) is 21.6 Å². The van der Waals surface area contributed by atoms with E-state index in [1.165, 1.54) is 0 Å². The number of hydrogen-bond donors (Lipinski definition) is 1. The normalized spacial score (nSPS) is 15.4. The largest absolute Gasteiger partial charge is 0.497 e. The van der Waals surface area contributed by atoms with E-state index in [0.29, 0.717) is 33.7 Å². The summed E-state index contributed by atoms with van der Waals surface area (Å²) in [4.78, 5) is 12.7. The van der Waals surface area contributed by atoms with Crippen molar-refractivity contribution in [1.82, 2.24) is 9.78 Å². The van der Waals surface area contributed by atoms with Crippen LogP contribution >= 0.6 is 11.6 Å². The zero-order valence-electron chi connectivity index (χ0n) is 14.4. The summed E-state index contributed by atoms with van der Waals surface area (Å²) in [6.45, 7) is 0. The highest BCUT2D eigenvalue weighted by Gasteiger charge is 2.28. The van der Waals surface area contributed by atoms with Gasteiger partial charge in [-0.05, 0) is 42.5 Å². The van der Waals surface area contributed by atoms with Gasteiger partial charge in [-0.1, -0.05) is 17.7 Å². The number of amides is 1. The second-order valence-corrected chi connectivity index (χ2v) is 7.97. The summed E-state index contributed by atoms with van der Waals surface area (Å²) in [6, 6.07) is 14.0. The van der Waals surface area contributed by atoms with E-state index < -0.39 is 10.8 Å². The van der Waals surface area contributed by atoms with Gasteiger partial charge in [0.25, 0.3) is 5.91 Å². The van der Waals surface area contributed by atoms with E-state index >= 15 is 0 Å². The molecule has 2 aromatic carbocycles. The molecule has 1 aromatic heterocycles. The van der Waals surface area contributed by atoms with E-state index in [1.54, 1.807) is 48.2 Å². The fourth-order valence-electron chi connectivity index (χ4n) is 2.97. The first-order valence-electron chi connectivity index (χ1n) is 8.22. The number of nitrogens with zero attached hydrogens (tertiary/aromatic N) is 2. The molecule has 1 amide bonds. The molecule has 0 aliphatic carbocycles. The number of halogens is 1. The van der Waals surface area contributed by atoms with E-state index in [2.05, 4.69) is 10.4 Å². The Hall–Kier alpha value is -2.64. The van der Waals surface area contributed by atoms with Crippen LogP contribution in [0.25, 0.3) is 5.69 Å². The number of anilines is 1. The summed E-state index contributed by atoms with van der Waals surface area (Å²) < 4.78 is 18.7. The van der Waals surface area contributed by atoms with E-state index in [4.69, 9.17) is 16.3 Å². The van der Waals surface area contributed by atoms with Crippen LogP contribution in [-0.2, 0) is 22.3 Å². The van der Waals surface area contributed by atoms with E-state index in [9.17, 15) is 9.00 Å². The molecule has 138 valence electrons. The summed E-state index contributed by atoms with van der Waals surface area (Å²) in [5.74, 6) is 1.68. The zero-order valence-corrected chi connectivity index (χ0v) is 16.0. The van der Waals surface area contributed by atoms with Crippen molar-refractivity contribution in [1.29, 1.82) is 0 Å². The van der Waals surface area contributed by atoms with Crippen molar-refractivity contribution < 1.29 is 13.7 Å². The molecule has 1 aliphatic rings. The third-order valence-corrected chi connectivity index (χ3v) is 5.75. The molecule has 1 atom stereocenters. The topological polar surface area (TPSA) is 73.2 Å². The van der Waals surface area contributed by atoms with Gasteiger partial charge in [-0.15, -0.1) is 0 Å². The lowest BCUT2D eigenvalue weighted by Crippen LogP contribution is -2.16. The van der Waals surface area contributed by atoms with Gasteiger partial charge in [0.1, 0.15) is 11.6 Å². The average Bonchev–Trinajstić information content (AvgIpc) is 3.19. The summed E-state index contributed by atoms with van der Waals surface area (Å²) in [5.41, 5.74) is 2.75. The van der Waals surface area contributed by atoms with Crippen LogP contribution < -0.4 is 10.1 Å². The second kappa shape index (κ2) is 7.17. The standard InChI is InChI=1S/C19H16ClN3O3S/c1-26-15-7-5-12(6-8-15)19(24)21-18-16-10-27(25)11-17(16)22-23(18)14-4-2-3-13(20)9-14/h2-9H,10-11H2,1H3,(H,21,24)/t27-/m1/s1. The van der Waals surface area contributed by atoms with Crippen molar-refractivity contribution in [2.75, 3.05) is 12.4 Å². The van der Waals surface area contributed by atoms with Gasteiger partial charge in [-0.2, -0.15) is 5.10 Å². The highest BCUT2D eigenvalue weighted by Crippen LogP contribution is 2.32. The minimum Gasteiger partial charge on any atom is -0.497 e. The molecule has 8 heteroatoms. The number of hydrogen-bond acceptors (Lipinski definition) is 4. The van der Waals surface area contributed by atoms with Crippen molar-refractivity contribution in [3.05, 3.63) is 70.4 Å². The number of carbonyl (C=O) groups excluding carboxylic acids is 1. The molecule has 0 fully saturated rings.